The number of carbonyl (C=O) groups excluding carboxylic acids is 1. The number of para-hydroxylation sites is 1. The smallest absolute Gasteiger partial charge is 0.260 e. The minimum atomic E-state index is -0.0453. The number of rotatable bonds is 5. The number of piperazine rings is 1. The Morgan fingerprint density at radius 1 is 1.29 bits per heavy atom. The molecule has 1 fully saturated rings. The quantitative estimate of drug-likeness (QED) is 0.828. The molecule has 1 aromatic heterocycles. The van der Waals surface area contributed by atoms with Crippen LogP contribution in [0, 0.1) is 11.3 Å². The third kappa shape index (κ3) is 4.10. The van der Waals surface area contributed by atoms with Crippen molar-refractivity contribution in [2.24, 2.45) is 0 Å². The van der Waals surface area contributed by atoms with Gasteiger partial charge in [0.2, 0.25) is 0 Å². The molecule has 0 saturated carbocycles. The lowest BCUT2D eigenvalue weighted by Crippen LogP contribution is -2.49. The molecule has 0 bridgehead atoms. The predicted octanol–water partition coefficient (Wildman–Crippen LogP) is 1.74. The van der Waals surface area contributed by atoms with Gasteiger partial charge in [0.15, 0.2) is 6.61 Å². The molecule has 3 rings (SSSR count). The van der Waals surface area contributed by atoms with Crippen LogP contribution in [0.15, 0.2) is 35.2 Å². The molecule has 0 N–H and O–H groups in total. The van der Waals surface area contributed by atoms with Gasteiger partial charge in [-0.15, -0.1) is 11.3 Å². The second kappa shape index (κ2) is 7.90. The summed E-state index contributed by atoms with van der Waals surface area (Å²) in [6.45, 7) is 3.83. The molecule has 0 unspecified atom stereocenters. The molecular weight excluding hydrogens is 324 g/mol. The molecule has 1 aliphatic rings. The summed E-state index contributed by atoms with van der Waals surface area (Å²) in [5.41, 5.74) is 3.36. The first-order valence-electron chi connectivity index (χ1n) is 7.75. The van der Waals surface area contributed by atoms with E-state index in [0.29, 0.717) is 24.4 Å². The molecule has 2 aromatic rings. The van der Waals surface area contributed by atoms with Crippen LogP contribution in [-0.4, -0.2) is 53.5 Å². The van der Waals surface area contributed by atoms with E-state index < -0.39 is 0 Å². The average Bonchev–Trinajstić information content (AvgIpc) is 3.13. The fourth-order valence-electron chi connectivity index (χ4n) is 2.62. The lowest BCUT2D eigenvalue weighted by Gasteiger charge is -2.34. The van der Waals surface area contributed by atoms with Gasteiger partial charge in [0.05, 0.1) is 16.8 Å². The number of hydrogen-bond acceptors (Lipinski definition) is 6. The summed E-state index contributed by atoms with van der Waals surface area (Å²) in [4.78, 5) is 20.7. The minimum Gasteiger partial charge on any atom is -0.482 e. The summed E-state index contributed by atoms with van der Waals surface area (Å²) in [5.74, 6) is 0.409. The highest BCUT2D eigenvalue weighted by Gasteiger charge is 2.22. The molecule has 0 radical (unpaired) electrons. The monoisotopic (exact) mass is 342 g/mol. The molecule has 0 spiro atoms. The molecule has 0 atom stereocenters. The lowest BCUT2D eigenvalue weighted by molar-refractivity contribution is -0.135. The third-order valence-corrected chi connectivity index (χ3v) is 4.59. The number of carbonyl (C=O) groups is 1. The topological polar surface area (TPSA) is 69.5 Å². The summed E-state index contributed by atoms with van der Waals surface area (Å²) >= 11 is 1.60. The van der Waals surface area contributed by atoms with Crippen LogP contribution < -0.4 is 4.74 Å². The number of aromatic nitrogens is 1. The molecule has 6 nitrogen and oxygen atoms in total. The maximum atomic E-state index is 12.3. The summed E-state index contributed by atoms with van der Waals surface area (Å²) in [7, 11) is 0. The van der Waals surface area contributed by atoms with Crippen molar-refractivity contribution < 1.29 is 9.53 Å². The van der Waals surface area contributed by atoms with E-state index in [-0.39, 0.29) is 12.5 Å². The van der Waals surface area contributed by atoms with Gasteiger partial charge in [-0.25, -0.2) is 4.98 Å². The van der Waals surface area contributed by atoms with Gasteiger partial charge < -0.3 is 9.64 Å². The van der Waals surface area contributed by atoms with Gasteiger partial charge in [-0.05, 0) is 12.1 Å². The van der Waals surface area contributed by atoms with E-state index >= 15 is 0 Å². The molecule has 1 aliphatic heterocycles. The van der Waals surface area contributed by atoms with Crippen molar-refractivity contribution in [1.82, 2.24) is 14.8 Å². The highest BCUT2D eigenvalue weighted by molar-refractivity contribution is 7.07. The van der Waals surface area contributed by atoms with Crippen molar-refractivity contribution in [1.29, 1.82) is 5.26 Å². The van der Waals surface area contributed by atoms with Gasteiger partial charge >= 0.3 is 0 Å². The van der Waals surface area contributed by atoms with Crippen LogP contribution in [0.5, 0.6) is 5.75 Å². The van der Waals surface area contributed by atoms with E-state index in [4.69, 9.17) is 10.00 Å². The predicted molar refractivity (Wildman–Crippen MR) is 90.6 cm³/mol. The van der Waals surface area contributed by atoms with E-state index in [2.05, 4.69) is 21.3 Å². The van der Waals surface area contributed by atoms with Crippen molar-refractivity contribution >= 4 is 17.2 Å². The van der Waals surface area contributed by atoms with Crippen molar-refractivity contribution in [3.8, 4) is 11.8 Å². The van der Waals surface area contributed by atoms with Crippen molar-refractivity contribution in [3.63, 3.8) is 0 Å². The number of thiazole rings is 1. The fourth-order valence-corrected chi connectivity index (χ4v) is 3.17. The van der Waals surface area contributed by atoms with Gasteiger partial charge in [-0.3, -0.25) is 9.69 Å². The number of benzene rings is 1. The van der Waals surface area contributed by atoms with Crippen molar-refractivity contribution in [2.45, 2.75) is 6.54 Å². The summed E-state index contributed by atoms with van der Waals surface area (Å²) < 4.78 is 5.52. The molecule has 124 valence electrons. The normalized spacial score (nSPS) is 15.0. The summed E-state index contributed by atoms with van der Waals surface area (Å²) in [6.07, 6.45) is 0. The standard InChI is InChI=1S/C17H18N4O2S/c18-9-14-3-1-2-4-16(14)23-11-17(22)21-7-5-20(6-8-21)10-15-12-24-13-19-15/h1-4,12-13H,5-8,10-11H2. The number of nitriles is 1. The Balaban J connectivity index is 1.46. The van der Waals surface area contributed by atoms with Crippen LogP contribution in [0.3, 0.4) is 0 Å². The summed E-state index contributed by atoms with van der Waals surface area (Å²) in [6, 6.07) is 9.01. The SMILES string of the molecule is N#Cc1ccccc1OCC(=O)N1CCN(Cc2cscn2)CC1. The zero-order valence-electron chi connectivity index (χ0n) is 13.2. The molecular formula is C17H18N4O2S. The van der Waals surface area contributed by atoms with E-state index in [1.807, 2.05) is 10.4 Å². The largest absolute Gasteiger partial charge is 0.482 e. The van der Waals surface area contributed by atoms with Gasteiger partial charge in [0, 0.05) is 38.1 Å². The van der Waals surface area contributed by atoms with Gasteiger partial charge in [0.25, 0.3) is 5.91 Å². The zero-order valence-corrected chi connectivity index (χ0v) is 14.0. The van der Waals surface area contributed by atoms with Crippen LogP contribution in [0.1, 0.15) is 11.3 Å². The molecule has 1 saturated heterocycles. The Bertz CT molecular complexity index is 718. The molecule has 7 heteroatoms. The maximum absolute atomic E-state index is 12.3. The zero-order chi connectivity index (χ0) is 16.8. The highest BCUT2D eigenvalue weighted by Crippen LogP contribution is 2.16. The second-order valence-corrected chi connectivity index (χ2v) is 6.25. The van der Waals surface area contributed by atoms with E-state index in [1.54, 1.807) is 35.6 Å². The van der Waals surface area contributed by atoms with Crippen LogP contribution in [-0.2, 0) is 11.3 Å². The Morgan fingerprint density at radius 3 is 2.79 bits per heavy atom. The molecule has 1 amide bonds. The first kappa shape index (κ1) is 16.4. The first-order chi connectivity index (χ1) is 11.8. The molecule has 24 heavy (non-hydrogen) atoms. The van der Waals surface area contributed by atoms with Crippen LogP contribution >= 0.6 is 11.3 Å². The third-order valence-electron chi connectivity index (χ3n) is 3.95. The van der Waals surface area contributed by atoms with Crippen LogP contribution in [0.25, 0.3) is 0 Å². The van der Waals surface area contributed by atoms with Crippen molar-refractivity contribution in [2.75, 3.05) is 32.8 Å². The number of ether oxygens (including phenoxy) is 1. The number of hydrogen-bond donors (Lipinski definition) is 0. The molecule has 1 aromatic carbocycles. The van der Waals surface area contributed by atoms with Gasteiger partial charge in [-0.1, -0.05) is 12.1 Å². The Morgan fingerprint density at radius 2 is 2.08 bits per heavy atom. The Labute approximate surface area is 144 Å². The molecule has 2 heterocycles. The van der Waals surface area contributed by atoms with Gasteiger partial charge in [0.1, 0.15) is 11.8 Å². The Kier molecular flexibility index (Phi) is 5.41. The van der Waals surface area contributed by atoms with E-state index in [9.17, 15) is 4.79 Å². The van der Waals surface area contributed by atoms with Crippen LogP contribution in [0.2, 0.25) is 0 Å². The Hall–Kier alpha value is -2.43. The van der Waals surface area contributed by atoms with E-state index in [0.717, 1.165) is 25.3 Å². The van der Waals surface area contributed by atoms with Crippen molar-refractivity contribution in [3.05, 3.63) is 46.4 Å². The summed E-state index contributed by atoms with van der Waals surface area (Å²) in [5, 5.41) is 11.1. The highest BCUT2D eigenvalue weighted by atomic mass is 32.1. The fraction of sp³-hybridized carbons (Fsp3) is 0.353. The number of nitrogens with zero attached hydrogens (tertiary/aromatic N) is 4. The van der Waals surface area contributed by atoms with Crippen LogP contribution in [0.4, 0.5) is 0 Å². The van der Waals surface area contributed by atoms with E-state index in [1.165, 1.54) is 0 Å². The maximum Gasteiger partial charge on any atom is 0.260 e. The second-order valence-electron chi connectivity index (χ2n) is 5.53. The minimum absolute atomic E-state index is 0.0369. The lowest BCUT2D eigenvalue weighted by atomic mass is 10.2. The number of amides is 1. The first-order valence-corrected chi connectivity index (χ1v) is 8.69. The average molecular weight is 342 g/mol. The van der Waals surface area contributed by atoms with Gasteiger partial charge in [-0.2, -0.15) is 5.26 Å². The molecule has 0 aliphatic carbocycles.